The van der Waals surface area contributed by atoms with E-state index in [1.807, 2.05) is 6.26 Å². The van der Waals surface area contributed by atoms with Gasteiger partial charge >= 0.3 is 0 Å². The summed E-state index contributed by atoms with van der Waals surface area (Å²) in [6, 6.07) is 1.80. The highest BCUT2D eigenvalue weighted by molar-refractivity contribution is 7.98. The van der Waals surface area contributed by atoms with Gasteiger partial charge in [0.2, 0.25) is 5.16 Å². The van der Waals surface area contributed by atoms with Gasteiger partial charge in [-0.15, -0.1) is 15.3 Å². The first-order valence-corrected chi connectivity index (χ1v) is 7.59. The quantitative estimate of drug-likeness (QED) is 0.493. The first-order valence-electron chi connectivity index (χ1n) is 6.37. The molecule has 0 unspecified atom stereocenters. The van der Waals surface area contributed by atoms with Crippen molar-refractivity contribution in [2.45, 2.75) is 12.1 Å². The van der Waals surface area contributed by atoms with E-state index in [4.69, 9.17) is 0 Å². The summed E-state index contributed by atoms with van der Waals surface area (Å²) in [7, 11) is 0. The molecule has 4 heterocycles. The fraction of sp³-hybridized carbons (Fsp3) is 0.167. The first kappa shape index (κ1) is 13.0. The van der Waals surface area contributed by atoms with Crippen molar-refractivity contribution >= 4 is 28.4 Å². The van der Waals surface area contributed by atoms with E-state index in [0.717, 1.165) is 0 Å². The molecule has 22 heavy (non-hydrogen) atoms. The average Bonchev–Trinajstić information content (AvgIpc) is 3.15. The Hall–Kier alpha value is -2.75. The standard InChI is InChI=1S/C12H10N8OS/c1-7-9-8(20-11(15-7)16-12(17-20)22-2)3-4-19(10(9)21)18-5-13-14-6-18/h3-6H,1-2H3. The summed E-state index contributed by atoms with van der Waals surface area (Å²) in [4.78, 5) is 21.4. The molecule has 0 atom stereocenters. The van der Waals surface area contributed by atoms with Gasteiger partial charge in [0.1, 0.15) is 12.7 Å². The number of nitrogens with zero attached hydrogens (tertiary/aromatic N) is 8. The van der Waals surface area contributed by atoms with Crippen molar-refractivity contribution in [2.24, 2.45) is 0 Å². The molecule has 0 aliphatic heterocycles. The third kappa shape index (κ3) is 1.73. The first-order chi connectivity index (χ1) is 10.7. The predicted octanol–water partition coefficient (Wildman–Crippen LogP) is 0.372. The molecule has 4 aromatic rings. The molecule has 110 valence electrons. The Morgan fingerprint density at radius 1 is 1.18 bits per heavy atom. The molecule has 0 N–H and O–H groups in total. The predicted molar refractivity (Wildman–Crippen MR) is 79.9 cm³/mol. The van der Waals surface area contributed by atoms with Crippen LogP contribution in [0.1, 0.15) is 5.69 Å². The maximum Gasteiger partial charge on any atom is 0.280 e. The minimum absolute atomic E-state index is 0.217. The zero-order chi connectivity index (χ0) is 15.3. The molecule has 0 amide bonds. The van der Waals surface area contributed by atoms with Gasteiger partial charge in [0, 0.05) is 6.20 Å². The van der Waals surface area contributed by atoms with Gasteiger partial charge in [0.15, 0.2) is 0 Å². The summed E-state index contributed by atoms with van der Waals surface area (Å²) in [5, 5.41) is 12.9. The van der Waals surface area contributed by atoms with Crippen LogP contribution < -0.4 is 5.56 Å². The van der Waals surface area contributed by atoms with Gasteiger partial charge in [-0.1, -0.05) is 11.8 Å². The molecule has 0 saturated carbocycles. The third-order valence-electron chi connectivity index (χ3n) is 3.32. The van der Waals surface area contributed by atoms with E-state index < -0.39 is 0 Å². The SMILES string of the molecule is CSc1nc2nc(C)c3c(=O)n(-n4cnnc4)ccc3n2n1. The van der Waals surface area contributed by atoms with Crippen LogP contribution in [-0.2, 0) is 0 Å². The highest BCUT2D eigenvalue weighted by Crippen LogP contribution is 2.17. The van der Waals surface area contributed by atoms with Crippen LogP contribution in [0.15, 0.2) is 34.9 Å². The van der Waals surface area contributed by atoms with Gasteiger partial charge in [-0.2, -0.15) is 9.50 Å². The summed E-state index contributed by atoms with van der Waals surface area (Å²) in [5.74, 6) is 0.482. The Balaban J connectivity index is 2.13. The van der Waals surface area contributed by atoms with Crippen LogP contribution in [0.2, 0.25) is 0 Å². The summed E-state index contributed by atoms with van der Waals surface area (Å²) < 4.78 is 4.50. The highest BCUT2D eigenvalue weighted by Gasteiger charge is 2.14. The molecule has 0 spiro atoms. The minimum Gasteiger partial charge on any atom is -0.267 e. The van der Waals surface area contributed by atoms with Crippen molar-refractivity contribution in [2.75, 3.05) is 6.26 Å². The number of hydrogen-bond acceptors (Lipinski definition) is 7. The molecule has 0 aromatic carbocycles. The Morgan fingerprint density at radius 2 is 1.95 bits per heavy atom. The fourth-order valence-electron chi connectivity index (χ4n) is 2.33. The lowest BCUT2D eigenvalue weighted by Crippen LogP contribution is -2.25. The minimum atomic E-state index is -0.217. The molecule has 0 radical (unpaired) electrons. The summed E-state index contributed by atoms with van der Waals surface area (Å²) in [5.41, 5.74) is 1.06. The van der Waals surface area contributed by atoms with Crippen LogP contribution in [0.3, 0.4) is 0 Å². The smallest absolute Gasteiger partial charge is 0.267 e. The lowest BCUT2D eigenvalue weighted by Gasteiger charge is -2.08. The fourth-order valence-corrected chi connectivity index (χ4v) is 2.67. The van der Waals surface area contributed by atoms with E-state index in [1.165, 1.54) is 33.8 Å². The Bertz CT molecular complexity index is 1050. The van der Waals surface area contributed by atoms with Crippen molar-refractivity contribution in [1.29, 1.82) is 0 Å². The Morgan fingerprint density at radius 3 is 2.68 bits per heavy atom. The van der Waals surface area contributed by atoms with Crippen molar-refractivity contribution in [3.05, 3.63) is 41.0 Å². The van der Waals surface area contributed by atoms with Gasteiger partial charge in [0.05, 0.1) is 16.6 Å². The number of thioether (sulfide) groups is 1. The van der Waals surface area contributed by atoms with E-state index in [9.17, 15) is 4.79 Å². The number of rotatable bonds is 2. The Kier molecular flexibility index (Phi) is 2.73. The summed E-state index contributed by atoms with van der Waals surface area (Å²) in [6.07, 6.45) is 6.45. The average molecular weight is 314 g/mol. The zero-order valence-electron chi connectivity index (χ0n) is 11.7. The van der Waals surface area contributed by atoms with E-state index in [1.54, 1.807) is 23.7 Å². The van der Waals surface area contributed by atoms with E-state index in [2.05, 4.69) is 25.3 Å². The molecule has 4 rings (SSSR count). The monoisotopic (exact) mass is 314 g/mol. The molecule has 10 heteroatoms. The maximum atomic E-state index is 12.7. The number of aromatic nitrogens is 8. The highest BCUT2D eigenvalue weighted by atomic mass is 32.2. The van der Waals surface area contributed by atoms with E-state index in [0.29, 0.717) is 27.5 Å². The number of hydrogen-bond donors (Lipinski definition) is 0. The number of fused-ring (bicyclic) bond motifs is 3. The van der Waals surface area contributed by atoms with Gasteiger partial charge in [-0.05, 0) is 19.2 Å². The normalized spacial score (nSPS) is 11.5. The summed E-state index contributed by atoms with van der Waals surface area (Å²) >= 11 is 1.43. The third-order valence-corrected chi connectivity index (χ3v) is 3.86. The molecular formula is C12H10N8OS. The lowest BCUT2D eigenvalue weighted by atomic mass is 10.2. The van der Waals surface area contributed by atoms with Gasteiger partial charge in [-0.3, -0.25) is 4.79 Å². The van der Waals surface area contributed by atoms with E-state index >= 15 is 0 Å². The summed E-state index contributed by atoms with van der Waals surface area (Å²) in [6.45, 7) is 1.79. The topological polar surface area (TPSA) is 95.8 Å². The largest absolute Gasteiger partial charge is 0.280 e. The van der Waals surface area contributed by atoms with Crippen LogP contribution >= 0.6 is 11.8 Å². The van der Waals surface area contributed by atoms with Crippen LogP contribution in [0.5, 0.6) is 0 Å². The van der Waals surface area contributed by atoms with Crippen molar-refractivity contribution in [3.63, 3.8) is 0 Å². The molecule has 0 saturated heterocycles. The van der Waals surface area contributed by atoms with E-state index in [-0.39, 0.29) is 5.56 Å². The van der Waals surface area contributed by atoms with Gasteiger partial charge in [0.25, 0.3) is 11.3 Å². The van der Waals surface area contributed by atoms with Crippen LogP contribution in [0.4, 0.5) is 0 Å². The van der Waals surface area contributed by atoms with Crippen LogP contribution in [0, 0.1) is 6.92 Å². The van der Waals surface area contributed by atoms with Crippen molar-refractivity contribution in [3.8, 4) is 0 Å². The second kappa shape index (κ2) is 4.63. The zero-order valence-corrected chi connectivity index (χ0v) is 12.5. The molecule has 0 bridgehead atoms. The molecular weight excluding hydrogens is 304 g/mol. The molecule has 0 fully saturated rings. The van der Waals surface area contributed by atoms with Crippen LogP contribution in [0.25, 0.3) is 16.7 Å². The molecule has 0 aliphatic carbocycles. The van der Waals surface area contributed by atoms with Crippen LogP contribution in [-0.4, -0.2) is 45.4 Å². The maximum absolute atomic E-state index is 12.7. The van der Waals surface area contributed by atoms with Crippen molar-refractivity contribution < 1.29 is 0 Å². The Labute approximate surface area is 127 Å². The molecule has 4 aromatic heterocycles. The second-order valence-electron chi connectivity index (χ2n) is 4.58. The number of pyridine rings is 1. The second-order valence-corrected chi connectivity index (χ2v) is 5.35. The molecule has 0 aliphatic rings. The van der Waals surface area contributed by atoms with Crippen molar-refractivity contribution in [1.82, 2.24) is 39.1 Å². The lowest BCUT2D eigenvalue weighted by molar-refractivity contribution is 0.631. The number of aryl methyl sites for hydroxylation is 1. The van der Waals surface area contributed by atoms with Gasteiger partial charge in [-0.25, -0.2) is 14.3 Å². The molecule has 9 nitrogen and oxygen atoms in total. The van der Waals surface area contributed by atoms with Gasteiger partial charge < -0.3 is 0 Å².